The number of hydrogen-bond acceptors (Lipinski definition) is 5. The number of ether oxygens (including phenoxy) is 1. The minimum atomic E-state index is -0.462. The van der Waals surface area contributed by atoms with Crippen LogP contribution in [0.3, 0.4) is 0 Å². The van der Waals surface area contributed by atoms with Crippen LogP contribution in [0.5, 0.6) is 5.75 Å². The van der Waals surface area contributed by atoms with Crippen LogP contribution in [0.25, 0.3) is 0 Å². The first-order chi connectivity index (χ1) is 14.3. The van der Waals surface area contributed by atoms with Gasteiger partial charge in [-0.3, -0.25) is 4.90 Å². The van der Waals surface area contributed by atoms with Gasteiger partial charge in [-0.1, -0.05) is 36.4 Å². The Hall–Kier alpha value is -3.25. The van der Waals surface area contributed by atoms with Crippen molar-refractivity contribution in [3.63, 3.8) is 0 Å². The van der Waals surface area contributed by atoms with Gasteiger partial charge < -0.3 is 19.4 Å². The van der Waals surface area contributed by atoms with Crippen LogP contribution < -0.4 is 15.0 Å². The van der Waals surface area contributed by atoms with Gasteiger partial charge >= 0.3 is 6.09 Å². The lowest BCUT2D eigenvalue weighted by atomic mass is 10.1. The molecule has 150 valence electrons. The maximum Gasteiger partial charge on any atom is 0.412 e. The van der Waals surface area contributed by atoms with Crippen molar-refractivity contribution in [2.45, 2.75) is 6.04 Å². The summed E-state index contributed by atoms with van der Waals surface area (Å²) in [6.45, 7) is 4.04. The van der Waals surface area contributed by atoms with Gasteiger partial charge in [-0.05, 0) is 36.4 Å². The molecule has 1 aliphatic heterocycles. The van der Waals surface area contributed by atoms with E-state index in [0.717, 1.165) is 31.9 Å². The molecule has 0 unspecified atom stereocenters. The smallest absolute Gasteiger partial charge is 0.412 e. The monoisotopic (exact) mass is 391 g/mol. The maximum absolute atomic E-state index is 12.2. The number of hydrogen-bond donors (Lipinski definition) is 1. The summed E-state index contributed by atoms with van der Waals surface area (Å²) in [5, 5.41) is 2.88. The molecular formula is C23H25N3O3. The van der Waals surface area contributed by atoms with Crippen LogP contribution in [0, 0.1) is 0 Å². The van der Waals surface area contributed by atoms with E-state index >= 15 is 0 Å². The number of carbonyl (C=O) groups is 1. The molecule has 3 aromatic rings. The fraction of sp³-hybridized carbons (Fsp3) is 0.261. The molecule has 1 atom stereocenters. The highest BCUT2D eigenvalue weighted by molar-refractivity contribution is 5.70. The van der Waals surface area contributed by atoms with E-state index in [1.165, 1.54) is 5.69 Å². The number of anilines is 1. The van der Waals surface area contributed by atoms with E-state index in [4.69, 9.17) is 9.15 Å². The number of rotatable bonds is 6. The number of piperazine rings is 1. The summed E-state index contributed by atoms with van der Waals surface area (Å²) in [7, 11) is 0. The normalized spacial score (nSPS) is 15.7. The van der Waals surface area contributed by atoms with Crippen LogP contribution in [0.15, 0.2) is 83.5 Å². The molecule has 6 nitrogen and oxygen atoms in total. The maximum atomic E-state index is 12.2. The third-order valence-electron chi connectivity index (χ3n) is 5.14. The van der Waals surface area contributed by atoms with Crippen molar-refractivity contribution in [3.8, 4) is 5.75 Å². The molecule has 1 aromatic heterocycles. The first-order valence-electron chi connectivity index (χ1n) is 9.88. The molecule has 2 heterocycles. The summed E-state index contributed by atoms with van der Waals surface area (Å²) < 4.78 is 11.0. The van der Waals surface area contributed by atoms with Crippen LogP contribution in [0.2, 0.25) is 0 Å². The zero-order valence-electron chi connectivity index (χ0n) is 16.2. The number of nitrogens with zero attached hydrogens (tertiary/aromatic N) is 2. The van der Waals surface area contributed by atoms with Crippen molar-refractivity contribution in [1.82, 2.24) is 10.2 Å². The molecule has 1 amide bonds. The van der Waals surface area contributed by atoms with Gasteiger partial charge in [0.05, 0.1) is 12.3 Å². The molecule has 0 bridgehead atoms. The van der Waals surface area contributed by atoms with Crippen molar-refractivity contribution in [2.24, 2.45) is 0 Å². The van der Waals surface area contributed by atoms with E-state index in [2.05, 4.69) is 39.4 Å². The highest BCUT2D eigenvalue weighted by Crippen LogP contribution is 2.24. The summed E-state index contributed by atoms with van der Waals surface area (Å²) in [6, 6.07) is 23.3. The van der Waals surface area contributed by atoms with E-state index < -0.39 is 6.09 Å². The minimum Gasteiger partial charge on any atom is -0.468 e. The highest BCUT2D eigenvalue weighted by atomic mass is 16.6. The average Bonchev–Trinajstić information content (AvgIpc) is 3.30. The summed E-state index contributed by atoms with van der Waals surface area (Å²) in [6.07, 6.45) is 1.21. The fourth-order valence-corrected chi connectivity index (χ4v) is 3.63. The molecular weight excluding hydrogens is 366 g/mol. The minimum absolute atomic E-state index is 0.0359. The van der Waals surface area contributed by atoms with Gasteiger partial charge in [-0.15, -0.1) is 0 Å². The molecule has 0 aliphatic carbocycles. The van der Waals surface area contributed by atoms with E-state index in [9.17, 15) is 4.79 Å². The standard InChI is InChI=1S/C23H25N3O3/c27-23(29-20-10-5-2-6-11-20)24-18-21(22-12-7-17-28-22)26-15-13-25(14-16-26)19-8-3-1-4-9-19/h1-12,17,21H,13-16,18H2,(H,24,27)/t21-/m0/s1. The lowest BCUT2D eigenvalue weighted by molar-refractivity contribution is 0.155. The zero-order valence-corrected chi connectivity index (χ0v) is 16.2. The second kappa shape index (κ2) is 9.30. The van der Waals surface area contributed by atoms with Crippen LogP contribution >= 0.6 is 0 Å². The number of amides is 1. The predicted octanol–water partition coefficient (Wildman–Crippen LogP) is 3.93. The SMILES string of the molecule is O=C(NC[C@@H](c1ccco1)N1CCN(c2ccccc2)CC1)Oc1ccccc1. The van der Waals surface area contributed by atoms with Crippen LogP contribution in [-0.4, -0.2) is 43.7 Å². The molecule has 0 saturated carbocycles. The van der Waals surface area contributed by atoms with Crippen molar-refractivity contribution in [1.29, 1.82) is 0 Å². The molecule has 6 heteroatoms. The Morgan fingerprint density at radius 1 is 0.931 bits per heavy atom. The van der Waals surface area contributed by atoms with Crippen molar-refractivity contribution >= 4 is 11.8 Å². The topological polar surface area (TPSA) is 58.0 Å². The van der Waals surface area contributed by atoms with Crippen molar-refractivity contribution in [2.75, 3.05) is 37.6 Å². The molecule has 0 spiro atoms. The molecule has 2 aromatic carbocycles. The third kappa shape index (κ3) is 4.97. The molecule has 1 fully saturated rings. The second-order valence-electron chi connectivity index (χ2n) is 6.97. The summed E-state index contributed by atoms with van der Waals surface area (Å²) in [5.74, 6) is 1.37. The Morgan fingerprint density at radius 2 is 1.62 bits per heavy atom. The first-order valence-corrected chi connectivity index (χ1v) is 9.88. The van der Waals surface area contributed by atoms with Gasteiger partial charge in [0.2, 0.25) is 0 Å². The lowest BCUT2D eigenvalue weighted by Crippen LogP contribution is -2.50. The first kappa shape index (κ1) is 19.1. The molecule has 0 radical (unpaired) electrons. The van der Waals surface area contributed by atoms with Gasteiger partial charge in [-0.2, -0.15) is 0 Å². The largest absolute Gasteiger partial charge is 0.468 e. The molecule has 1 N–H and O–H groups in total. The Labute approximate surface area is 170 Å². The molecule has 29 heavy (non-hydrogen) atoms. The van der Waals surface area contributed by atoms with Gasteiger partial charge in [0.15, 0.2) is 0 Å². The quantitative estimate of drug-likeness (QED) is 0.690. The Morgan fingerprint density at radius 3 is 2.28 bits per heavy atom. The third-order valence-corrected chi connectivity index (χ3v) is 5.14. The Kier molecular flexibility index (Phi) is 6.12. The van der Waals surface area contributed by atoms with Gasteiger partial charge in [-0.25, -0.2) is 4.79 Å². The number of benzene rings is 2. The molecule has 1 aliphatic rings. The predicted molar refractivity (Wildman–Crippen MR) is 112 cm³/mol. The van der Waals surface area contributed by atoms with E-state index in [1.807, 2.05) is 36.4 Å². The van der Waals surface area contributed by atoms with E-state index in [1.54, 1.807) is 18.4 Å². The van der Waals surface area contributed by atoms with E-state index in [-0.39, 0.29) is 6.04 Å². The van der Waals surface area contributed by atoms with Crippen molar-refractivity contribution < 1.29 is 13.9 Å². The van der Waals surface area contributed by atoms with Crippen molar-refractivity contribution in [3.05, 3.63) is 84.8 Å². The zero-order chi connectivity index (χ0) is 19.9. The number of furan rings is 1. The molecule has 1 saturated heterocycles. The van der Waals surface area contributed by atoms with Gasteiger partial charge in [0, 0.05) is 38.4 Å². The second-order valence-corrected chi connectivity index (χ2v) is 6.97. The van der Waals surface area contributed by atoms with Gasteiger partial charge in [0.25, 0.3) is 0 Å². The number of para-hydroxylation sites is 2. The fourth-order valence-electron chi connectivity index (χ4n) is 3.63. The highest BCUT2D eigenvalue weighted by Gasteiger charge is 2.27. The summed E-state index contributed by atoms with van der Waals surface area (Å²) in [4.78, 5) is 16.9. The Balaban J connectivity index is 1.36. The van der Waals surface area contributed by atoms with Gasteiger partial charge in [0.1, 0.15) is 11.5 Å². The number of nitrogens with one attached hydrogen (secondary N) is 1. The number of carbonyl (C=O) groups excluding carboxylic acids is 1. The Bertz CT molecular complexity index is 876. The average molecular weight is 391 g/mol. The summed E-state index contributed by atoms with van der Waals surface area (Å²) >= 11 is 0. The summed E-state index contributed by atoms with van der Waals surface area (Å²) in [5.41, 5.74) is 1.24. The van der Waals surface area contributed by atoms with E-state index in [0.29, 0.717) is 12.3 Å². The van der Waals surface area contributed by atoms with Crippen LogP contribution in [0.4, 0.5) is 10.5 Å². The van der Waals surface area contributed by atoms with Crippen LogP contribution in [-0.2, 0) is 0 Å². The molecule has 4 rings (SSSR count). The lowest BCUT2D eigenvalue weighted by Gasteiger charge is -2.39. The van der Waals surface area contributed by atoms with Crippen LogP contribution in [0.1, 0.15) is 11.8 Å².